The second kappa shape index (κ2) is 7.45. The summed E-state index contributed by atoms with van der Waals surface area (Å²) < 4.78 is 0. The van der Waals surface area contributed by atoms with Gasteiger partial charge in [0.1, 0.15) is 0 Å². The summed E-state index contributed by atoms with van der Waals surface area (Å²) in [6, 6.07) is 0. The topological polar surface area (TPSA) is 73.0 Å². The van der Waals surface area contributed by atoms with E-state index in [1.54, 1.807) is 0 Å². The average molecular weight is 177 g/mol. The molecule has 5 nitrogen and oxygen atoms in total. The molecule has 0 saturated carbocycles. The highest BCUT2D eigenvalue weighted by Crippen LogP contribution is 1.91. The van der Waals surface area contributed by atoms with E-state index < -0.39 is 0 Å². The molecule has 0 aromatic heterocycles. The fourth-order valence-electron chi connectivity index (χ4n) is 1.00. The van der Waals surface area contributed by atoms with Gasteiger partial charge in [-0.25, -0.2) is 10.0 Å². The molecule has 0 bridgehead atoms. The van der Waals surface area contributed by atoms with Gasteiger partial charge >= 0.3 is 0 Å². The molecular formula is C7H19N3O2. The van der Waals surface area contributed by atoms with E-state index >= 15 is 0 Å². The molecule has 4 N–H and O–H groups in total. The molecule has 0 radical (unpaired) electrons. The minimum Gasteiger partial charge on any atom is -0.395 e. The van der Waals surface area contributed by atoms with Gasteiger partial charge in [-0.3, -0.25) is 0 Å². The molecule has 0 spiro atoms. The Kier molecular flexibility index (Phi) is 7.33. The van der Waals surface area contributed by atoms with E-state index in [2.05, 4.69) is 0 Å². The largest absolute Gasteiger partial charge is 0.395 e. The van der Waals surface area contributed by atoms with Crippen LogP contribution in [-0.4, -0.2) is 66.7 Å². The second-order valence-electron chi connectivity index (χ2n) is 2.57. The zero-order valence-corrected chi connectivity index (χ0v) is 7.61. The van der Waals surface area contributed by atoms with Gasteiger partial charge in [0, 0.05) is 33.2 Å². The van der Waals surface area contributed by atoms with Crippen molar-refractivity contribution < 1.29 is 10.2 Å². The van der Waals surface area contributed by atoms with E-state index in [1.807, 2.05) is 17.1 Å². The van der Waals surface area contributed by atoms with Gasteiger partial charge in [-0.05, 0) is 0 Å². The SMILES string of the molecule is CN(CCO)N(CCN)CCO. The van der Waals surface area contributed by atoms with Gasteiger partial charge < -0.3 is 15.9 Å². The summed E-state index contributed by atoms with van der Waals surface area (Å²) in [5, 5.41) is 21.1. The molecule has 0 amide bonds. The van der Waals surface area contributed by atoms with Crippen LogP contribution < -0.4 is 5.73 Å². The van der Waals surface area contributed by atoms with Crippen LogP contribution in [0.1, 0.15) is 0 Å². The third kappa shape index (κ3) is 4.63. The Morgan fingerprint density at radius 1 is 1.08 bits per heavy atom. The molecule has 12 heavy (non-hydrogen) atoms. The molecule has 0 aromatic carbocycles. The Hall–Kier alpha value is -0.200. The quantitative estimate of drug-likeness (QED) is 0.395. The Bertz CT molecular complexity index is 96.7. The molecule has 0 aromatic rings. The number of nitrogens with zero attached hydrogens (tertiary/aromatic N) is 2. The summed E-state index contributed by atoms with van der Waals surface area (Å²) in [5.74, 6) is 0. The van der Waals surface area contributed by atoms with E-state index in [0.29, 0.717) is 26.2 Å². The summed E-state index contributed by atoms with van der Waals surface area (Å²) in [6.45, 7) is 2.61. The normalized spacial score (nSPS) is 11.5. The van der Waals surface area contributed by atoms with E-state index in [0.717, 1.165) is 0 Å². The fraction of sp³-hybridized carbons (Fsp3) is 1.00. The maximum absolute atomic E-state index is 8.71. The summed E-state index contributed by atoms with van der Waals surface area (Å²) in [7, 11) is 1.86. The predicted octanol–water partition coefficient (Wildman–Crippen LogP) is -1.92. The van der Waals surface area contributed by atoms with Crippen molar-refractivity contribution in [1.82, 2.24) is 10.0 Å². The highest BCUT2D eigenvalue weighted by Gasteiger charge is 2.07. The van der Waals surface area contributed by atoms with E-state index in [4.69, 9.17) is 15.9 Å². The lowest BCUT2D eigenvalue weighted by atomic mass is 10.5. The van der Waals surface area contributed by atoms with Crippen LogP contribution in [-0.2, 0) is 0 Å². The van der Waals surface area contributed by atoms with Crippen molar-refractivity contribution in [3.8, 4) is 0 Å². The lowest BCUT2D eigenvalue weighted by molar-refractivity contribution is -0.0200. The lowest BCUT2D eigenvalue weighted by Crippen LogP contribution is -2.45. The van der Waals surface area contributed by atoms with Crippen LogP contribution in [0.4, 0.5) is 0 Å². The molecule has 0 saturated heterocycles. The maximum atomic E-state index is 8.71. The van der Waals surface area contributed by atoms with Gasteiger partial charge in [0.25, 0.3) is 0 Å². The van der Waals surface area contributed by atoms with Crippen LogP contribution >= 0.6 is 0 Å². The summed E-state index contributed by atoms with van der Waals surface area (Å²) in [6.07, 6.45) is 0. The molecule has 0 unspecified atom stereocenters. The molecule has 0 fully saturated rings. The summed E-state index contributed by atoms with van der Waals surface area (Å²) in [4.78, 5) is 0. The van der Waals surface area contributed by atoms with Crippen LogP contribution in [0.25, 0.3) is 0 Å². The average Bonchev–Trinajstić information content (AvgIpc) is 2.04. The van der Waals surface area contributed by atoms with Crippen molar-refractivity contribution in [3.63, 3.8) is 0 Å². The molecule has 0 heterocycles. The van der Waals surface area contributed by atoms with Crippen LogP contribution in [0.3, 0.4) is 0 Å². The smallest absolute Gasteiger partial charge is 0.0572 e. The Labute approximate surface area is 73.3 Å². The number of rotatable bonds is 7. The molecule has 0 atom stereocenters. The number of hydrazine groups is 1. The van der Waals surface area contributed by atoms with Gasteiger partial charge in [0.05, 0.1) is 13.2 Å². The Balaban J connectivity index is 3.72. The first-order chi connectivity index (χ1) is 5.76. The first-order valence-corrected chi connectivity index (χ1v) is 4.14. The number of likely N-dealkylation sites (N-methyl/N-ethyl adjacent to an activating group) is 1. The first kappa shape index (κ1) is 11.8. The van der Waals surface area contributed by atoms with E-state index in [9.17, 15) is 0 Å². The Morgan fingerprint density at radius 2 is 1.67 bits per heavy atom. The van der Waals surface area contributed by atoms with Crippen molar-refractivity contribution in [2.75, 3.05) is 46.4 Å². The minimum atomic E-state index is 0.107. The van der Waals surface area contributed by atoms with Gasteiger partial charge in [0.15, 0.2) is 0 Å². The van der Waals surface area contributed by atoms with Gasteiger partial charge in [-0.1, -0.05) is 0 Å². The number of hydrogen-bond donors (Lipinski definition) is 3. The van der Waals surface area contributed by atoms with Crippen LogP contribution in [0.2, 0.25) is 0 Å². The monoisotopic (exact) mass is 177 g/mol. The summed E-state index contributed by atoms with van der Waals surface area (Å²) in [5.41, 5.74) is 5.38. The lowest BCUT2D eigenvalue weighted by Gasteiger charge is -2.30. The van der Waals surface area contributed by atoms with Crippen LogP contribution in [0.5, 0.6) is 0 Å². The molecule has 0 rings (SSSR count). The number of hydrogen-bond acceptors (Lipinski definition) is 5. The Morgan fingerprint density at radius 3 is 2.08 bits per heavy atom. The van der Waals surface area contributed by atoms with Gasteiger partial charge in [-0.2, -0.15) is 0 Å². The second-order valence-corrected chi connectivity index (χ2v) is 2.57. The third-order valence-electron chi connectivity index (χ3n) is 1.65. The molecular weight excluding hydrogens is 158 g/mol. The van der Waals surface area contributed by atoms with Crippen molar-refractivity contribution in [2.45, 2.75) is 0 Å². The van der Waals surface area contributed by atoms with Gasteiger partial charge in [0.2, 0.25) is 0 Å². The zero-order chi connectivity index (χ0) is 9.40. The molecule has 0 aliphatic carbocycles. The van der Waals surface area contributed by atoms with Crippen molar-refractivity contribution in [3.05, 3.63) is 0 Å². The van der Waals surface area contributed by atoms with Crippen molar-refractivity contribution in [2.24, 2.45) is 5.73 Å². The first-order valence-electron chi connectivity index (χ1n) is 4.14. The van der Waals surface area contributed by atoms with Crippen molar-refractivity contribution in [1.29, 1.82) is 0 Å². The molecule has 5 heteroatoms. The number of aliphatic hydroxyl groups excluding tert-OH is 2. The maximum Gasteiger partial charge on any atom is 0.0572 e. The number of nitrogens with two attached hydrogens (primary N) is 1. The predicted molar refractivity (Wildman–Crippen MR) is 47.4 cm³/mol. The van der Waals surface area contributed by atoms with E-state index in [-0.39, 0.29) is 13.2 Å². The fourth-order valence-corrected chi connectivity index (χ4v) is 1.00. The highest BCUT2D eigenvalue weighted by atomic mass is 16.3. The van der Waals surface area contributed by atoms with Crippen molar-refractivity contribution >= 4 is 0 Å². The summed E-state index contributed by atoms with van der Waals surface area (Å²) >= 11 is 0. The standard InChI is InChI=1S/C7H19N3O2/c1-9(4-6-11)10(3-2-8)5-7-12/h11-12H,2-8H2,1H3. The highest BCUT2D eigenvalue weighted by molar-refractivity contribution is 4.54. The van der Waals surface area contributed by atoms with Gasteiger partial charge in [-0.15, -0.1) is 0 Å². The zero-order valence-electron chi connectivity index (χ0n) is 7.61. The number of aliphatic hydroxyl groups is 2. The molecule has 0 aliphatic rings. The van der Waals surface area contributed by atoms with E-state index in [1.165, 1.54) is 0 Å². The molecule has 74 valence electrons. The van der Waals surface area contributed by atoms with Crippen LogP contribution in [0.15, 0.2) is 0 Å². The third-order valence-corrected chi connectivity index (χ3v) is 1.65. The minimum absolute atomic E-state index is 0.107. The molecule has 0 aliphatic heterocycles. The van der Waals surface area contributed by atoms with Crippen LogP contribution in [0, 0.1) is 0 Å².